The maximum Gasteiger partial charge on any atom is 0.272 e. The lowest BCUT2D eigenvalue weighted by molar-refractivity contribution is -0.114. The third-order valence-corrected chi connectivity index (χ3v) is 6.28. The SMILES string of the molecule is CC(=O)Nc1nnc(S(=O)(=O)N2CCC(C)C(N)C2)s1. The number of piperidine rings is 1. The summed E-state index contributed by atoms with van der Waals surface area (Å²) in [6, 6.07) is -0.179. The number of hydrogen-bond acceptors (Lipinski definition) is 7. The summed E-state index contributed by atoms with van der Waals surface area (Å²) in [7, 11) is -3.69. The van der Waals surface area contributed by atoms with E-state index in [1.54, 1.807) is 0 Å². The molecule has 2 heterocycles. The van der Waals surface area contributed by atoms with Crippen LogP contribution in [0.5, 0.6) is 0 Å². The molecule has 1 saturated heterocycles. The lowest BCUT2D eigenvalue weighted by Crippen LogP contribution is -2.49. The summed E-state index contributed by atoms with van der Waals surface area (Å²) in [6.45, 7) is 4.03. The van der Waals surface area contributed by atoms with E-state index in [0.717, 1.165) is 17.8 Å². The molecule has 1 fully saturated rings. The van der Waals surface area contributed by atoms with Gasteiger partial charge in [0.1, 0.15) is 0 Å². The molecule has 0 aromatic carbocycles. The topological polar surface area (TPSA) is 118 Å². The Morgan fingerprint density at radius 1 is 1.50 bits per heavy atom. The molecule has 20 heavy (non-hydrogen) atoms. The smallest absolute Gasteiger partial charge is 0.272 e. The third-order valence-electron chi connectivity index (χ3n) is 3.23. The van der Waals surface area contributed by atoms with Crippen LogP contribution >= 0.6 is 11.3 Å². The minimum Gasteiger partial charge on any atom is -0.326 e. The van der Waals surface area contributed by atoms with E-state index in [2.05, 4.69) is 15.5 Å². The highest BCUT2D eigenvalue weighted by molar-refractivity contribution is 7.91. The van der Waals surface area contributed by atoms with Gasteiger partial charge >= 0.3 is 0 Å². The first kappa shape index (κ1) is 15.3. The molecule has 3 N–H and O–H groups in total. The summed E-state index contributed by atoms with van der Waals surface area (Å²) in [5, 5.41) is 9.88. The van der Waals surface area contributed by atoms with Crippen LogP contribution in [0, 0.1) is 5.92 Å². The van der Waals surface area contributed by atoms with E-state index in [9.17, 15) is 13.2 Å². The number of anilines is 1. The minimum absolute atomic E-state index is 0.122. The number of rotatable bonds is 3. The predicted molar refractivity (Wildman–Crippen MR) is 74.7 cm³/mol. The molecule has 2 rings (SSSR count). The molecule has 1 aliphatic heterocycles. The van der Waals surface area contributed by atoms with Gasteiger partial charge in [0.05, 0.1) is 0 Å². The van der Waals surface area contributed by atoms with Crippen LogP contribution < -0.4 is 11.1 Å². The highest BCUT2D eigenvalue weighted by Gasteiger charge is 2.34. The van der Waals surface area contributed by atoms with Gasteiger partial charge in [-0.15, -0.1) is 10.2 Å². The zero-order valence-electron chi connectivity index (χ0n) is 11.2. The number of nitrogens with zero attached hydrogens (tertiary/aromatic N) is 3. The summed E-state index contributed by atoms with van der Waals surface area (Å²) >= 11 is 0.839. The Kier molecular flexibility index (Phi) is 4.37. The number of carbonyl (C=O) groups is 1. The fourth-order valence-corrected chi connectivity index (χ4v) is 4.49. The largest absolute Gasteiger partial charge is 0.326 e. The van der Waals surface area contributed by atoms with Crippen LogP contribution in [0.2, 0.25) is 0 Å². The second-order valence-electron chi connectivity index (χ2n) is 4.85. The number of sulfonamides is 1. The monoisotopic (exact) mass is 319 g/mol. The van der Waals surface area contributed by atoms with Crippen LogP contribution in [0.3, 0.4) is 0 Å². The number of carbonyl (C=O) groups excluding carboxylic acids is 1. The second kappa shape index (κ2) is 5.72. The average molecular weight is 319 g/mol. The van der Waals surface area contributed by atoms with Crippen molar-refractivity contribution in [2.75, 3.05) is 18.4 Å². The van der Waals surface area contributed by atoms with E-state index in [0.29, 0.717) is 12.5 Å². The van der Waals surface area contributed by atoms with Crippen molar-refractivity contribution < 1.29 is 13.2 Å². The van der Waals surface area contributed by atoms with E-state index in [-0.39, 0.29) is 28.0 Å². The molecule has 0 aliphatic carbocycles. The van der Waals surface area contributed by atoms with Gasteiger partial charge in [-0.25, -0.2) is 8.42 Å². The van der Waals surface area contributed by atoms with Crippen molar-refractivity contribution in [3.05, 3.63) is 0 Å². The Hall–Kier alpha value is -1.10. The standard InChI is InChI=1S/C10H17N5O3S2/c1-6-3-4-15(5-8(6)11)20(17,18)10-14-13-9(19-10)12-7(2)16/h6,8H,3-5,11H2,1-2H3,(H,12,13,16). The number of nitrogens with two attached hydrogens (primary N) is 1. The zero-order valence-corrected chi connectivity index (χ0v) is 12.9. The highest BCUT2D eigenvalue weighted by atomic mass is 32.2. The predicted octanol–water partition coefficient (Wildman–Crippen LogP) is -0.146. The molecule has 10 heteroatoms. The van der Waals surface area contributed by atoms with Crippen LogP contribution in [0.4, 0.5) is 5.13 Å². The zero-order chi connectivity index (χ0) is 14.9. The van der Waals surface area contributed by atoms with Gasteiger partial charge in [-0.1, -0.05) is 18.3 Å². The fraction of sp³-hybridized carbons (Fsp3) is 0.700. The molecule has 112 valence electrons. The Morgan fingerprint density at radius 2 is 2.20 bits per heavy atom. The maximum atomic E-state index is 12.4. The molecule has 2 atom stereocenters. The van der Waals surface area contributed by atoms with Gasteiger partial charge in [0.15, 0.2) is 0 Å². The van der Waals surface area contributed by atoms with E-state index in [1.165, 1.54) is 11.2 Å². The Labute approximate surface area is 121 Å². The van der Waals surface area contributed by atoms with Crippen LogP contribution in [-0.2, 0) is 14.8 Å². The van der Waals surface area contributed by atoms with Crippen molar-refractivity contribution in [1.29, 1.82) is 0 Å². The lowest BCUT2D eigenvalue weighted by Gasteiger charge is -2.33. The van der Waals surface area contributed by atoms with Crippen LogP contribution in [-0.4, -0.2) is 48.0 Å². The van der Waals surface area contributed by atoms with Gasteiger partial charge in [0, 0.05) is 26.1 Å². The van der Waals surface area contributed by atoms with Crippen LogP contribution in [0.25, 0.3) is 0 Å². The molecular weight excluding hydrogens is 302 g/mol. The summed E-state index contributed by atoms with van der Waals surface area (Å²) in [5.74, 6) is -0.0234. The molecule has 1 aromatic heterocycles. The van der Waals surface area contributed by atoms with Crippen molar-refractivity contribution >= 4 is 32.4 Å². The Balaban J connectivity index is 2.18. The van der Waals surface area contributed by atoms with E-state index >= 15 is 0 Å². The second-order valence-corrected chi connectivity index (χ2v) is 7.94. The molecule has 1 amide bonds. The average Bonchev–Trinajstić information content (AvgIpc) is 2.80. The van der Waals surface area contributed by atoms with Gasteiger partial charge in [-0.05, 0) is 12.3 Å². The van der Waals surface area contributed by atoms with E-state index < -0.39 is 10.0 Å². The summed E-state index contributed by atoms with van der Waals surface area (Å²) < 4.78 is 26.0. The first-order chi connectivity index (χ1) is 9.30. The first-order valence-corrected chi connectivity index (χ1v) is 8.43. The highest BCUT2D eigenvalue weighted by Crippen LogP contribution is 2.26. The molecule has 1 aliphatic rings. The molecule has 8 nitrogen and oxygen atoms in total. The first-order valence-electron chi connectivity index (χ1n) is 6.17. The molecule has 0 radical (unpaired) electrons. The van der Waals surface area contributed by atoms with Crippen molar-refractivity contribution in [3.8, 4) is 0 Å². The summed E-state index contributed by atoms with van der Waals surface area (Å²) in [6.07, 6.45) is 0.720. The van der Waals surface area contributed by atoms with Crippen molar-refractivity contribution in [1.82, 2.24) is 14.5 Å². The van der Waals surface area contributed by atoms with Crippen LogP contribution in [0.15, 0.2) is 4.34 Å². The quantitative estimate of drug-likeness (QED) is 0.748. The molecular formula is C10H17N5O3S2. The van der Waals surface area contributed by atoms with Gasteiger partial charge in [0.25, 0.3) is 10.0 Å². The molecule has 2 unspecified atom stereocenters. The normalized spacial score (nSPS) is 24.6. The van der Waals surface area contributed by atoms with Gasteiger partial charge in [-0.2, -0.15) is 4.31 Å². The Morgan fingerprint density at radius 3 is 2.80 bits per heavy atom. The molecule has 0 spiro atoms. The molecule has 1 aromatic rings. The van der Waals surface area contributed by atoms with Crippen molar-refractivity contribution in [2.24, 2.45) is 11.7 Å². The van der Waals surface area contributed by atoms with E-state index in [4.69, 9.17) is 5.73 Å². The third kappa shape index (κ3) is 3.14. The lowest BCUT2D eigenvalue weighted by atomic mass is 9.96. The van der Waals surface area contributed by atoms with Gasteiger partial charge < -0.3 is 11.1 Å². The van der Waals surface area contributed by atoms with Gasteiger partial charge in [0.2, 0.25) is 15.4 Å². The number of aromatic nitrogens is 2. The molecule has 0 saturated carbocycles. The fourth-order valence-electron chi connectivity index (χ4n) is 1.91. The van der Waals surface area contributed by atoms with Gasteiger partial charge in [-0.3, -0.25) is 4.79 Å². The van der Waals surface area contributed by atoms with Crippen LogP contribution in [0.1, 0.15) is 20.3 Å². The number of nitrogens with one attached hydrogen (secondary N) is 1. The maximum absolute atomic E-state index is 12.4. The summed E-state index contributed by atoms with van der Waals surface area (Å²) in [5.41, 5.74) is 5.92. The molecule has 0 bridgehead atoms. The Bertz CT molecular complexity index is 600. The number of amides is 1. The summed E-state index contributed by atoms with van der Waals surface area (Å²) in [4.78, 5) is 10.9. The van der Waals surface area contributed by atoms with E-state index in [1.807, 2.05) is 6.92 Å². The number of hydrogen-bond donors (Lipinski definition) is 2. The minimum atomic E-state index is -3.69. The van der Waals surface area contributed by atoms with Crippen molar-refractivity contribution in [3.63, 3.8) is 0 Å². The van der Waals surface area contributed by atoms with Crippen molar-refractivity contribution in [2.45, 2.75) is 30.6 Å².